The second kappa shape index (κ2) is 8.61. The van der Waals surface area contributed by atoms with Gasteiger partial charge in [-0.05, 0) is 38.1 Å². The van der Waals surface area contributed by atoms with Gasteiger partial charge in [0.2, 0.25) is 0 Å². The van der Waals surface area contributed by atoms with Crippen molar-refractivity contribution >= 4 is 29.9 Å². The van der Waals surface area contributed by atoms with Gasteiger partial charge in [0.15, 0.2) is 0 Å². The summed E-state index contributed by atoms with van der Waals surface area (Å²) in [4.78, 5) is 15.5. The molecule has 0 bridgehead atoms. The molecule has 2 aliphatic rings. The van der Waals surface area contributed by atoms with Gasteiger partial charge in [0, 0.05) is 29.5 Å². The first-order chi connectivity index (χ1) is 12.7. The van der Waals surface area contributed by atoms with E-state index in [-0.39, 0.29) is 24.4 Å². The molecule has 3 heterocycles. The molecule has 8 heteroatoms. The van der Waals surface area contributed by atoms with E-state index in [2.05, 4.69) is 10.4 Å². The fourth-order valence-corrected chi connectivity index (χ4v) is 4.21. The van der Waals surface area contributed by atoms with E-state index in [9.17, 15) is 4.79 Å². The molecule has 2 fully saturated rings. The van der Waals surface area contributed by atoms with Crippen LogP contribution in [0, 0.1) is 0 Å². The topological polar surface area (TPSA) is 59.4 Å². The van der Waals surface area contributed by atoms with Crippen molar-refractivity contribution < 1.29 is 9.53 Å². The zero-order chi connectivity index (χ0) is 18.0. The lowest BCUT2D eigenvalue weighted by molar-refractivity contribution is -0.151. The summed E-state index contributed by atoms with van der Waals surface area (Å²) < 4.78 is 7.77. The second-order valence-electron chi connectivity index (χ2n) is 6.86. The van der Waals surface area contributed by atoms with Crippen molar-refractivity contribution in [3.63, 3.8) is 0 Å². The lowest BCUT2D eigenvalue weighted by atomic mass is 9.86. The van der Waals surface area contributed by atoms with Gasteiger partial charge in [-0.15, -0.1) is 12.4 Å². The fourth-order valence-electron chi connectivity index (χ4n) is 3.96. The number of aromatic nitrogens is 2. The SMILES string of the molecule is Cl.O=C(N1CCOC(c2ccccc2Cl)C1)C1(n2cccn2)CCNCC1. The molecular weight excluding hydrogens is 387 g/mol. The number of nitrogens with zero attached hydrogens (tertiary/aromatic N) is 3. The zero-order valence-electron chi connectivity index (χ0n) is 15.0. The number of piperidine rings is 1. The van der Waals surface area contributed by atoms with Crippen LogP contribution in [0.4, 0.5) is 0 Å². The Morgan fingerprint density at radius 1 is 1.26 bits per heavy atom. The monoisotopic (exact) mass is 410 g/mol. The third kappa shape index (κ3) is 3.85. The predicted octanol–water partition coefficient (Wildman–Crippen LogP) is 2.64. The van der Waals surface area contributed by atoms with E-state index >= 15 is 0 Å². The van der Waals surface area contributed by atoms with Crippen LogP contribution in [0.3, 0.4) is 0 Å². The molecule has 1 atom stereocenters. The summed E-state index contributed by atoms with van der Waals surface area (Å²) in [6.45, 7) is 3.23. The van der Waals surface area contributed by atoms with Crippen LogP contribution in [-0.4, -0.2) is 53.4 Å². The molecule has 0 radical (unpaired) electrons. The highest BCUT2D eigenvalue weighted by Crippen LogP contribution is 2.33. The predicted molar refractivity (Wildman–Crippen MR) is 106 cm³/mol. The minimum Gasteiger partial charge on any atom is -0.370 e. The number of hydrogen-bond acceptors (Lipinski definition) is 4. The zero-order valence-corrected chi connectivity index (χ0v) is 16.6. The average Bonchev–Trinajstić information content (AvgIpc) is 3.24. The van der Waals surface area contributed by atoms with Crippen LogP contribution in [0.1, 0.15) is 24.5 Å². The molecule has 2 aromatic rings. The summed E-state index contributed by atoms with van der Waals surface area (Å²) >= 11 is 6.34. The summed E-state index contributed by atoms with van der Waals surface area (Å²) in [5.74, 6) is 0.128. The molecule has 146 valence electrons. The van der Waals surface area contributed by atoms with Crippen molar-refractivity contribution in [3.8, 4) is 0 Å². The molecule has 6 nitrogen and oxygen atoms in total. The van der Waals surface area contributed by atoms with E-state index < -0.39 is 5.54 Å². The Balaban J connectivity index is 0.00000210. The van der Waals surface area contributed by atoms with E-state index in [1.807, 2.05) is 46.1 Å². The number of halogens is 2. The third-order valence-electron chi connectivity index (χ3n) is 5.38. The smallest absolute Gasteiger partial charge is 0.250 e. The highest BCUT2D eigenvalue weighted by molar-refractivity contribution is 6.31. The van der Waals surface area contributed by atoms with E-state index in [0.29, 0.717) is 24.7 Å². The van der Waals surface area contributed by atoms with Gasteiger partial charge in [-0.1, -0.05) is 29.8 Å². The quantitative estimate of drug-likeness (QED) is 0.844. The normalized spacial score (nSPS) is 22.1. The molecule has 1 aromatic carbocycles. The molecule has 1 N–H and O–H groups in total. The van der Waals surface area contributed by atoms with E-state index in [1.54, 1.807) is 6.20 Å². The maximum atomic E-state index is 13.6. The van der Waals surface area contributed by atoms with Crippen LogP contribution >= 0.6 is 24.0 Å². The first kappa shape index (κ1) is 20.1. The van der Waals surface area contributed by atoms with Crippen LogP contribution < -0.4 is 5.32 Å². The Hall–Kier alpha value is -1.60. The molecule has 1 amide bonds. The van der Waals surface area contributed by atoms with Gasteiger partial charge in [0.25, 0.3) is 5.91 Å². The van der Waals surface area contributed by atoms with Crippen molar-refractivity contribution in [1.82, 2.24) is 20.0 Å². The number of benzene rings is 1. The molecule has 27 heavy (non-hydrogen) atoms. The standard InChI is InChI=1S/C19H23ClN4O2.ClH/c20-16-5-2-1-4-15(16)17-14-23(12-13-26-17)18(25)19(6-9-21-10-7-19)24-11-3-8-22-24;/h1-5,8,11,17,21H,6-7,9-10,12-14H2;1H. The van der Waals surface area contributed by atoms with Crippen molar-refractivity contribution in [2.45, 2.75) is 24.5 Å². The van der Waals surface area contributed by atoms with Crippen LogP contribution in [0.5, 0.6) is 0 Å². The Labute approximate surface area is 170 Å². The highest BCUT2D eigenvalue weighted by atomic mass is 35.5. The number of hydrogen-bond donors (Lipinski definition) is 1. The molecule has 1 aromatic heterocycles. The largest absolute Gasteiger partial charge is 0.370 e. The maximum absolute atomic E-state index is 13.6. The van der Waals surface area contributed by atoms with Gasteiger partial charge in [-0.25, -0.2) is 0 Å². The first-order valence-corrected chi connectivity index (χ1v) is 9.45. The van der Waals surface area contributed by atoms with Crippen LogP contribution in [0.25, 0.3) is 0 Å². The van der Waals surface area contributed by atoms with E-state index in [1.165, 1.54) is 0 Å². The number of ether oxygens (including phenoxy) is 1. The molecule has 2 saturated heterocycles. The summed E-state index contributed by atoms with van der Waals surface area (Å²) in [7, 11) is 0. The van der Waals surface area contributed by atoms with Gasteiger partial charge in [-0.2, -0.15) is 5.10 Å². The van der Waals surface area contributed by atoms with E-state index in [0.717, 1.165) is 31.5 Å². The van der Waals surface area contributed by atoms with E-state index in [4.69, 9.17) is 16.3 Å². The number of amides is 1. The summed E-state index contributed by atoms with van der Waals surface area (Å²) in [6, 6.07) is 9.56. The van der Waals surface area contributed by atoms with Gasteiger partial charge in [-0.3, -0.25) is 9.48 Å². The van der Waals surface area contributed by atoms with Crippen LogP contribution in [0.15, 0.2) is 42.7 Å². The van der Waals surface area contributed by atoms with Crippen molar-refractivity contribution in [2.24, 2.45) is 0 Å². The lowest BCUT2D eigenvalue weighted by Gasteiger charge is -2.42. The number of carbonyl (C=O) groups excluding carboxylic acids is 1. The minimum atomic E-state index is -0.614. The van der Waals surface area contributed by atoms with Crippen molar-refractivity contribution in [2.75, 3.05) is 32.8 Å². The maximum Gasteiger partial charge on any atom is 0.250 e. The molecule has 2 aliphatic heterocycles. The molecule has 4 rings (SSSR count). The average molecular weight is 411 g/mol. The first-order valence-electron chi connectivity index (χ1n) is 9.07. The Bertz CT molecular complexity index is 763. The van der Waals surface area contributed by atoms with Crippen molar-refractivity contribution in [3.05, 3.63) is 53.3 Å². The highest BCUT2D eigenvalue weighted by Gasteiger charge is 2.45. The number of nitrogens with one attached hydrogen (secondary N) is 1. The van der Waals surface area contributed by atoms with Crippen LogP contribution in [-0.2, 0) is 15.1 Å². The third-order valence-corrected chi connectivity index (χ3v) is 5.72. The van der Waals surface area contributed by atoms with Crippen molar-refractivity contribution in [1.29, 1.82) is 0 Å². The molecular formula is C19H24Cl2N4O2. The lowest BCUT2D eigenvalue weighted by Crippen LogP contribution is -2.57. The number of carbonyl (C=O) groups is 1. The molecule has 0 aliphatic carbocycles. The Kier molecular flexibility index (Phi) is 6.42. The number of rotatable bonds is 3. The fraction of sp³-hybridized carbons (Fsp3) is 0.474. The van der Waals surface area contributed by atoms with Crippen LogP contribution in [0.2, 0.25) is 5.02 Å². The van der Waals surface area contributed by atoms with Gasteiger partial charge < -0.3 is 15.0 Å². The summed E-state index contributed by atoms with van der Waals surface area (Å²) in [5, 5.41) is 8.43. The molecule has 1 unspecified atom stereocenters. The Morgan fingerprint density at radius 3 is 2.74 bits per heavy atom. The Morgan fingerprint density at radius 2 is 2.04 bits per heavy atom. The van der Waals surface area contributed by atoms with Gasteiger partial charge >= 0.3 is 0 Å². The number of morpholine rings is 1. The summed E-state index contributed by atoms with van der Waals surface area (Å²) in [6.07, 6.45) is 4.92. The minimum absolute atomic E-state index is 0. The molecule has 0 saturated carbocycles. The second-order valence-corrected chi connectivity index (χ2v) is 7.27. The molecule has 0 spiro atoms. The van der Waals surface area contributed by atoms with Gasteiger partial charge in [0.05, 0.1) is 13.2 Å². The van der Waals surface area contributed by atoms with Gasteiger partial charge in [0.1, 0.15) is 11.6 Å². The summed E-state index contributed by atoms with van der Waals surface area (Å²) in [5.41, 5.74) is 0.321.